The average molecular weight is 255 g/mol. The smallest absolute Gasteiger partial charge is 0.358 e. The van der Waals surface area contributed by atoms with Crippen LogP contribution >= 0.6 is 0 Å². The number of methoxy groups -OCH3 is 1. The van der Waals surface area contributed by atoms with E-state index in [9.17, 15) is 4.79 Å². The molecule has 0 aliphatic rings. The molecular weight excluding hydrogens is 234 g/mol. The average Bonchev–Trinajstić information content (AvgIpc) is 2.68. The summed E-state index contributed by atoms with van der Waals surface area (Å²) >= 11 is 0. The van der Waals surface area contributed by atoms with Crippen LogP contribution in [0.4, 0.5) is 0 Å². The van der Waals surface area contributed by atoms with E-state index in [4.69, 9.17) is 9.84 Å². The third-order valence-electron chi connectivity index (χ3n) is 2.75. The van der Waals surface area contributed by atoms with Crippen molar-refractivity contribution in [3.05, 3.63) is 11.4 Å². The van der Waals surface area contributed by atoms with Crippen LogP contribution in [-0.2, 0) is 11.2 Å². The second kappa shape index (κ2) is 6.49. The molecule has 0 aromatic carbocycles. The monoisotopic (exact) mass is 255 g/mol. The first-order chi connectivity index (χ1) is 8.47. The second-order valence-electron chi connectivity index (χ2n) is 4.86. The molecule has 1 aromatic heterocycles. The molecule has 1 atom stereocenters. The fourth-order valence-corrected chi connectivity index (χ4v) is 1.82. The lowest BCUT2D eigenvalue weighted by atomic mass is 10.1. The normalized spacial score (nSPS) is 12.9. The van der Waals surface area contributed by atoms with Crippen LogP contribution in [0.25, 0.3) is 0 Å². The summed E-state index contributed by atoms with van der Waals surface area (Å²) in [7, 11) is 1.64. The van der Waals surface area contributed by atoms with Gasteiger partial charge in [0.1, 0.15) is 0 Å². The van der Waals surface area contributed by atoms with Crippen LogP contribution in [0.1, 0.15) is 49.4 Å². The molecule has 0 saturated carbocycles. The summed E-state index contributed by atoms with van der Waals surface area (Å²) in [4.78, 5) is 11.1. The zero-order chi connectivity index (χ0) is 13.7. The van der Waals surface area contributed by atoms with E-state index in [1.807, 2.05) is 20.8 Å². The van der Waals surface area contributed by atoms with Crippen molar-refractivity contribution in [1.29, 1.82) is 0 Å². The van der Waals surface area contributed by atoms with E-state index in [2.05, 4.69) is 10.3 Å². The van der Waals surface area contributed by atoms with E-state index >= 15 is 0 Å². The summed E-state index contributed by atoms with van der Waals surface area (Å²) in [5, 5.41) is 16.9. The molecule has 1 aromatic rings. The van der Waals surface area contributed by atoms with Gasteiger partial charge in [0.2, 0.25) is 0 Å². The van der Waals surface area contributed by atoms with Crippen LogP contribution in [-0.4, -0.2) is 39.8 Å². The van der Waals surface area contributed by atoms with Crippen LogP contribution in [0.5, 0.6) is 0 Å². The third kappa shape index (κ3) is 3.53. The summed E-state index contributed by atoms with van der Waals surface area (Å²) < 4.78 is 6.74. The van der Waals surface area contributed by atoms with E-state index in [-0.39, 0.29) is 11.7 Å². The topological polar surface area (TPSA) is 77.2 Å². The van der Waals surface area contributed by atoms with Gasteiger partial charge >= 0.3 is 5.97 Å². The Kier molecular flexibility index (Phi) is 5.27. The molecule has 0 bridgehead atoms. The predicted octanol–water partition coefficient (Wildman–Crippen LogP) is 1.77. The highest BCUT2D eigenvalue weighted by molar-refractivity contribution is 5.86. The van der Waals surface area contributed by atoms with Gasteiger partial charge in [0.25, 0.3) is 0 Å². The van der Waals surface area contributed by atoms with Crippen molar-refractivity contribution in [3.8, 4) is 0 Å². The highest BCUT2D eigenvalue weighted by Crippen LogP contribution is 2.18. The van der Waals surface area contributed by atoms with Gasteiger partial charge in [-0.1, -0.05) is 19.1 Å². The summed E-state index contributed by atoms with van der Waals surface area (Å²) in [6.45, 7) is 6.69. The van der Waals surface area contributed by atoms with Crippen molar-refractivity contribution in [2.75, 3.05) is 13.7 Å². The highest BCUT2D eigenvalue weighted by atomic mass is 16.5. The molecule has 0 amide bonds. The summed E-state index contributed by atoms with van der Waals surface area (Å²) in [5.41, 5.74) is 0.758. The number of hydrogen-bond acceptors (Lipinski definition) is 4. The first-order valence-electron chi connectivity index (χ1n) is 6.13. The van der Waals surface area contributed by atoms with Crippen molar-refractivity contribution < 1.29 is 14.6 Å². The van der Waals surface area contributed by atoms with E-state index in [1.54, 1.807) is 11.8 Å². The maximum absolute atomic E-state index is 11.1. The molecule has 102 valence electrons. The van der Waals surface area contributed by atoms with Crippen LogP contribution in [0.2, 0.25) is 0 Å². The van der Waals surface area contributed by atoms with Crippen molar-refractivity contribution in [2.45, 2.75) is 39.7 Å². The maximum atomic E-state index is 11.1. The number of carboxylic acid groups (broad SMARTS) is 1. The molecule has 0 fully saturated rings. The molecule has 0 spiro atoms. The molecule has 1 rings (SSSR count). The molecule has 6 heteroatoms. The van der Waals surface area contributed by atoms with Crippen molar-refractivity contribution in [1.82, 2.24) is 15.0 Å². The summed E-state index contributed by atoms with van der Waals surface area (Å²) in [6, 6.07) is 0.0827. The zero-order valence-electron chi connectivity index (χ0n) is 11.4. The molecular formula is C12H21N3O3. The Morgan fingerprint density at radius 3 is 2.61 bits per heavy atom. The molecule has 0 radical (unpaired) electrons. The fraction of sp³-hybridized carbons (Fsp3) is 0.750. The minimum atomic E-state index is -1.02. The van der Waals surface area contributed by atoms with Crippen molar-refractivity contribution in [2.24, 2.45) is 5.92 Å². The first kappa shape index (κ1) is 14.6. The van der Waals surface area contributed by atoms with Gasteiger partial charge in [0.05, 0.1) is 11.7 Å². The second-order valence-corrected chi connectivity index (χ2v) is 4.86. The van der Waals surface area contributed by atoms with Crippen LogP contribution in [0, 0.1) is 5.92 Å². The lowest BCUT2D eigenvalue weighted by Gasteiger charge is -2.15. The lowest BCUT2D eigenvalue weighted by molar-refractivity contribution is 0.0689. The molecule has 0 aliphatic carbocycles. The number of nitrogens with zero attached hydrogens (tertiary/aromatic N) is 3. The van der Waals surface area contributed by atoms with Crippen molar-refractivity contribution in [3.63, 3.8) is 0 Å². The van der Waals surface area contributed by atoms with Crippen LogP contribution < -0.4 is 0 Å². The SMILES string of the molecule is COCCC(C)n1nnc(C(=O)O)c1CC(C)C. The van der Waals surface area contributed by atoms with Gasteiger partial charge in [0, 0.05) is 13.7 Å². The van der Waals surface area contributed by atoms with E-state index in [0.717, 1.165) is 6.42 Å². The zero-order valence-corrected chi connectivity index (χ0v) is 11.4. The molecule has 6 nitrogen and oxygen atoms in total. The van der Waals surface area contributed by atoms with Crippen LogP contribution in [0.15, 0.2) is 0 Å². The number of aromatic nitrogens is 3. The van der Waals surface area contributed by atoms with Gasteiger partial charge in [-0.2, -0.15) is 0 Å². The number of carboxylic acids is 1. The molecule has 1 unspecified atom stereocenters. The van der Waals surface area contributed by atoms with Gasteiger partial charge in [-0.15, -0.1) is 5.10 Å². The van der Waals surface area contributed by atoms with E-state index < -0.39 is 5.97 Å². The number of hydrogen-bond donors (Lipinski definition) is 1. The Hall–Kier alpha value is -1.43. The minimum absolute atomic E-state index is 0.0629. The standard InChI is InChI=1S/C12H21N3O3/c1-8(2)7-10-11(12(16)17)13-14-15(10)9(3)5-6-18-4/h8-9H,5-7H2,1-4H3,(H,16,17). The Balaban J connectivity index is 2.99. The van der Waals surface area contributed by atoms with Gasteiger partial charge in [0.15, 0.2) is 5.69 Å². The summed E-state index contributed by atoms with van der Waals surface area (Å²) in [6.07, 6.45) is 1.44. The molecule has 0 aliphatic heterocycles. The van der Waals surface area contributed by atoms with E-state index in [0.29, 0.717) is 24.6 Å². The van der Waals surface area contributed by atoms with Gasteiger partial charge in [-0.25, -0.2) is 9.48 Å². The molecule has 18 heavy (non-hydrogen) atoms. The van der Waals surface area contributed by atoms with Crippen molar-refractivity contribution >= 4 is 5.97 Å². The van der Waals surface area contributed by atoms with Crippen LogP contribution in [0.3, 0.4) is 0 Å². The predicted molar refractivity (Wildman–Crippen MR) is 66.7 cm³/mol. The highest BCUT2D eigenvalue weighted by Gasteiger charge is 2.22. The Labute approximate surface area is 107 Å². The molecule has 1 heterocycles. The minimum Gasteiger partial charge on any atom is -0.476 e. The largest absolute Gasteiger partial charge is 0.476 e. The quantitative estimate of drug-likeness (QED) is 0.803. The Morgan fingerprint density at radius 2 is 2.11 bits per heavy atom. The van der Waals surface area contributed by atoms with Gasteiger partial charge < -0.3 is 9.84 Å². The number of ether oxygens (including phenoxy) is 1. The maximum Gasteiger partial charge on any atom is 0.358 e. The third-order valence-corrected chi connectivity index (χ3v) is 2.75. The van der Waals surface area contributed by atoms with E-state index in [1.165, 1.54) is 0 Å². The molecule has 1 N–H and O–H groups in total. The summed E-state index contributed by atoms with van der Waals surface area (Å²) in [5.74, 6) is -0.661. The number of aromatic carboxylic acids is 1. The number of carbonyl (C=O) groups is 1. The van der Waals surface area contributed by atoms with Gasteiger partial charge in [-0.3, -0.25) is 0 Å². The van der Waals surface area contributed by atoms with Gasteiger partial charge in [-0.05, 0) is 25.7 Å². The molecule has 0 saturated heterocycles. The number of rotatable bonds is 7. The Morgan fingerprint density at radius 1 is 1.44 bits per heavy atom. The fourth-order valence-electron chi connectivity index (χ4n) is 1.82. The Bertz CT molecular complexity index is 401. The first-order valence-corrected chi connectivity index (χ1v) is 6.13. The lowest BCUT2D eigenvalue weighted by Crippen LogP contribution is -2.15.